The number of fused-ring (bicyclic) bond motifs is 1. The first-order chi connectivity index (χ1) is 11.1. The van der Waals surface area contributed by atoms with E-state index in [1.807, 2.05) is 18.2 Å². The summed E-state index contributed by atoms with van der Waals surface area (Å²) in [6.45, 7) is 4.62. The maximum atomic E-state index is 11.7. The Labute approximate surface area is 137 Å². The first kappa shape index (κ1) is 15.6. The first-order valence-electron chi connectivity index (χ1n) is 8.12. The van der Waals surface area contributed by atoms with Crippen LogP contribution in [0.3, 0.4) is 0 Å². The number of hydrogen-bond donors (Lipinski definition) is 0. The molecule has 0 aromatic heterocycles. The van der Waals surface area contributed by atoms with Crippen LogP contribution in [0.2, 0.25) is 0 Å². The molecule has 1 aliphatic rings. The van der Waals surface area contributed by atoms with E-state index in [4.69, 9.17) is 4.74 Å². The van der Waals surface area contributed by atoms with Gasteiger partial charge in [0.15, 0.2) is 5.78 Å². The lowest BCUT2D eigenvalue weighted by Crippen LogP contribution is -2.36. The summed E-state index contributed by atoms with van der Waals surface area (Å²) in [6.07, 6.45) is 2.27. The lowest BCUT2D eigenvalue weighted by Gasteiger charge is -2.37. The van der Waals surface area contributed by atoms with Crippen LogP contribution in [0.15, 0.2) is 42.5 Å². The largest absolute Gasteiger partial charge is 0.496 e. The van der Waals surface area contributed by atoms with Crippen molar-refractivity contribution < 1.29 is 9.53 Å². The number of benzene rings is 2. The predicted octanol–water partition coefficient (Wildman–Crippen LogP) is 4.24. The van der Waals surface area contributed by atoms with E-state index in [0.717, 1.165) is 36.3 Å². The Balaban J connectivity index is 1.98. The van der Waals surface area contributed by atoms with Gasteiger partial charge in [-0.2, -0.15) is 0 Å². The summed E-state index contributed by atoms with van der Waals surface area (Å²) in [5.41, 5.74) is 4.48. The van der Waals surface area contributed by atoms with Gasteiger partial charge in [-0.15, -0.1) is 0 Å². The molecule has 0 spiro atoms. The van der Waals surface area contributed by atoms with Crippen molar-refractivity contribution >= 4 is 11.5 Å². The summed E-state index contributed by atoms with van der Waals surface area (Å²) in [5, 5.41) is 0. The second kappa shape index (κ2) is 6.45. The van der Waals surface area contributed by atoms with Gasteiger partial charge < -0.3 is 9.64 Å². The number of rotatable bonds is 4. The third kappa shape index (κ3) is 3.09. The summed E-state index contributed by atoms with van der Waals surface area (Å²) in [5.74, 6) is 0.922. The second-order valence-electron chi connectivity index (χ2n) is 6.23. The van der Waals surface area contributed by atoms with Crippen molar-refractivity contribution in [3.05, 3.63) is 59.2 Å². The fraction of sp³-hybridized carbons (Fsp3) is 0.350. The SMILES string of the molecule is COc1ccc(C(C)=O)cc1CN1c2ccccc2CCC1C. The van der Waals surface area contributed by atoms with Crippen molar-refractivity contribution in [1.82, 2.24) is 0 Å². The van der Waals surface area contributed by atoms with Crippen molar-refractivity contribution in [2.45, 2.75) is 39.3 Å². The fourth-order valence-electron chi connectivity index (χ4n) is 3.31. The van der Waals surface area contributed by atoms with E-state index in [-0.39, 0.29) is 5.78 Å². The molecule has 120 valence electrons. The molecule has 23 heavy (non-hydrogen) atoms. The highest BCUT2D eigenvalue weighted by molar-refractivity contribution is 5.94. The minimum absolute atomic E-state index is 0.0843. The predicted molar refractivity (Wildman–Crippen MR) is 93.4 cm³/mol. The third-order valence-corrected chi connectivity index (χ3v) is 4.69. The van der Waals surface area contributed by atoms with Crippen LogP contribution >= 0.6 is 0 Å². The Morgan fingerprint density at radius 3 is 2.78 bits per heavy atom. The Kier molecular flexibility index (Phi) is 4.37. The van der Waals surface area contributed by atoms with Crippen LogP contribution in [0.1, 0.15) is 41.8 Å². The Morgan fingerprint density at radius 1 is 1.26 bits per heavy atom. The van der Waals surface area contributed by atoms with E-state index in [9.17, 15) is 4.79 Å². The molecule has 0 aliphatic carbocycles. The summed E-state index contributed by atoms with van der Waals surface area (Å²) >= 11 is 0. The molecule has 1 heterocycles. The highest BCUT2D eigenvalue weighted by Gasteiger charge is 2.23. The summed E-state index contributed by atoms with van der Waals surface area (Å²) in [4.78, 5) is 14.1. The van der Waals surface area contributed by atoms with E-state index in [0.29, 0.717) is 6.04 Å². The van der Waals surface area contributed by atoms with Crippen molar-refractivity contribution in [3.63, 3.8) is 0 Å². The molecule has 0 N–H and O–H groups in total. The van der Waals surface area contributed by atoms with Crippen molar-refractivity contribution in [2.75, 3.05) is 12.0 Å². The minimum Gasteiger partial charge on any atom is -0.496 e. The van der Waals surface area contributed by atoms with E-state index < -0.39 is 0 Å². The van der Waals surface area contributed by atoms with Crippen molar-refractivity contribution in [3.8, 4) is 5.75 Å². The molecular formula is C20H23NO2. The third-order valence-electron chi connectivity index (χ3n) is 4.69. The number of ketones is 1. The minimum atomic E-state index is 0.0843. The lowest BCUT2D eigenvalue weighted by atomic mass is 9.95. The van der Waals surface area contributed by atoms with Gasteiger partial charge in [-0.25, -0.2) is 0 Å². The van der Waals surface area contributed by atoms with Gasteiger partial charge in [0, 0.05) is 29.4 Å². The molecule has 0 saturated heterocycles. The number of ether oxygens (including phenoxy) is 1. The molecule has 1 aliphatic heterocycles. The number of methoxy groups -OCH3 is 1. The van der Waals surface area contributed by atoms with Gasteiger partial charge >= 0.3 is 0 Å². The maximum absolute atomic E-state index is 11.7. The standard InChI is InChI=1S/C20H23NO2/c1-14-8-9-16-6-4-5-7-19(16)21(14)13-18-12-17(15(2)22)10-11-20(18)23-3/h4-7,10-12,14H,8-9,13H2,1-3H3. The van der Waals surface area contributed by atoms with Crippen LogP contribution < -0.4 is 9.64 Å². The molecule has 1 unspecified atom stereocenters. The number of hydrogen-bond acceptors (Lipinski definition) is 3. The molecule has 3 heteroatoms. The quantitative estimate of drug-likeness (QED) is 0.791. The molecule has 2 aromatic carbocycles. The number of carbonyl (C=O) groups excluding carboxylic acids is 1. The maximum Gasteiger partial charge on any atom is 0.159 e. The number of para-hydroxylation sites is 1. The van der Waals surface area contributed by atoms with E-state index in [1.165, 1.54) is 11.3 Å². The molecule has 0 amide bonds. The topological polar surface area (TPSA) is 29.5 Å². The Bertz CT molecular complexity index is 723. The second-order valence-corrected chi connectivity index (χ2v) is 6.23. The van der Waals surface area contributed by atoms with Crippen molar-refractivity contribution in [2.24, 2.45) is 0 Å². The molecule has 2 aromatic rings. The molecular weight excluding hydrogens is 286 g/mol. The van der Waals surface area contributed by atoms with Gasteiger partial charge in [0.1, 0.15) is 5.75 Å². The first-order valence-corrected chi connectivity index (χ1v) is 8.12. The monoisotopic (exact) mass is 309 g/mol. The van der Waals surface area contributed by atoms with Crippen molar-refractivity contribution in [1.29, 1.82) is 0 Å². The van der Waals surface area contributed by atoms with Gasteiger partial charge in [-0.05, 0) is 56.5 Å². The highest BCUT2D eigenvalue weighted by Crippen LogP contribution is 2.33. The van der Waals surface area contributed by atoms with Gasteiger partial charge in [0.05, 0.1) is 7.11 Å². The zero-order valence-electron chi connectivity index (χ0n) is 14.0. The number of Topliss-reactive ketones (excluding diaryl/α,β-unsaturated/α-hetero) is 1. The summed E-state index contributed by atoms with van der Waals surface area (Å²) in [6, 6.07) is 14.7. The highest BCUT2D eigenvalue weighted by atomic mass is 16.5. The number of nitrogens with zero attached hydrogens (tertiary/aromatic N) is 1. The van der Waals surface area contributed by atoms with Crippen LogP contribution in [0, 0.1) is 0 Å². The fourth-order valence-corrected chi connectivity index (χ4v) is 3.31. The van der Waals surface area contributed by atoms with Gasteiger partial charge in [0.2, 0.25) is 0 Å². The molecule has 0 radical (unpaired) electrons. The number of aryl methyl sites for hydroxylation is 1. The molecule has 1 atom stereocenters. The van der Waals surface area contributed by atoms with E-state index >= 15 is 0 Å². The lowest BCUT2D eigenvalue weighted by molar-refractivity contribution is 0.101. The van der Waals surface area contributed by atoms with E-state index in [1.54, 1.807) is 14.0 Å². The van der Waals surface area contributed by atoms with Crippen LogP contribution in [0.5, 0.6) is 5.75 Å². The zero-order valence-corrected chi connectivity index (χ0v) is 14.0. The smallest absolute Gasteiger partial charge is 0.159 e. The van der Waals surface area contributed by atoms with Crippen LogP contribution in [-0.2, 0) is 13.0 Å². The number of carbonyl (C=O) groups is 1. The van der Waals surface area contributed by atoms with Crippen LogP contribution in [-0.4, -0.2) is 18.9 Å². The molecule has 0 bridgehead atoms. The van der Waals surface area contributed by atoms with E-state index in [2.05, 4.69) is 36.1 Å². The normalized spacial score (nSPS) is 16.8. The Hall–Kier alpha value is -2.29. The van der Waals surface area contributed by atoms with Crippen LogP contribution in [0.25, 0.3) is 0 Å². The van der Waals surface area contributed by atoms with Gasteiger partial charge in [-0.3, -0.25) is 4.79 Å². The average molecular weight is 309 g/mol. The summed E-state index contributed by atoms with van der Waals surface area (Å²) < 4.78 is 5.51. The van der Waals surface area contributed by atoms with Gasteiger partial charge in [-0.1, -0.05) is 18.2 Å². The Morgan fingerprint density at radius 2 is 2.04 bits per heavy atom. The van der Waals surface area contributed by atoms with Gasteiger partial charge in [0.25, 0.3) is 0 Å². The molecule has 0 saturated carbocycles. The summed E-state index contributed by atoms with van der Waals surface area (Å²) in [7, 11) is 1.68. The number of anilines is 1. The molecule has 0 fully saturated rings. The zero-order chi connectivity index (χ0) is 16.4. The molecule has 3 nitrogen and oxygen atoms in total. The average Bonchev–Trinajstić information content (AvgIpc) is 2.57. The van der Waals surface area contributed by atoms with Crippen LogP contribution in [0.4, 0.5) is 5.69 Å². The molecule has 3 rings (SSSR count).